The van der Waals surface area contributed by atoms with Crippen LogP contribution in [0, 0.1) is 5.82 Å². The second-order valence-electron chi connectivity index (χ2n) is 2.51. The Morgan fingerprint density at radius 1 is 1.50 bits per heavy atom. The van der Waals surface area contributed by atoms with Crippen molar-refractivity contribution in [2.75, 3.05) is 11.9 Å². The highest BCUT2D eigenvalue weighted by molar-refractivity contribution is 5.52. The number of nitrogens with two attached hydrogens (primary N) is 1. The van der Waals surface area contributed by atoms with E-state index in [1.807, 2.05) is 13.0 Å². The minimum atomic E-state index is -0.236. The molecule has 0 aliphatic heterocycles. The Labute approximate surface area is 71.6 Å². The number of benzene rings is 1. The van der Waals surface area contributed by atoms with E-state index in [0.29, 0.717) is 18.8 Å². The highest BCUT2D eigenvalue weighted by Crippen LogP contribution is 2.18. The Balaban J connectivity index is 3.02. The van der Waals surface area contributed by atoms with Gasteiger partial charge in [0.1, 0.15) is 5.82 Å². The quantitative estimate of drug-likeness (QED) is 0.721. The van der Waals surface area contributed by atoms with Gasteiger partial charge in [-0.2, -0.15) is 0 Å². The van der Waals surface area contributed by atoms with Gasteiger partial charge in [-0.15, -0.1) is 0 Å². The molecule has 0 aliphatic carbocycles. The summed E-state index contributed by atoms with van der Waals surface area (Å²) in [4.78, 5) is 0. The van der Waals surface area contributed by atoms with Crippen LogP contribution in [-0.4, -0.2) is 6.54 Å². The zero-order valence-corrected chi connectivity index (χ0v) is 7.10. The minimum Gasteiger partial charge on any atom is -0.383 e. The first-order valence-electron chi connectivity index (χ1n) is 4.01. The molecule has 2 nitrogen and oxygen atoms in total. The summed E-state index contributed by atoms with van der Waals surface area (Å²) in [5, 5.41) is 2.94. The number of para-hydroxylation sites is 1. The zero-order valence-electron chi connectivity index (χ0n) is 7.10. The van der Waals surface area contributed by atoms with E-state index in [2.05, 4.69) is 5.32 Å². The number of nitrogens with one attached hydrogen (secondary N) is 1. The molecule has 0 saturated heterocycles. The molecule has 3 N–H and O–H groups in total. The molecule has 1 aromatic carbocycles. The molecule has 0 aromatic heterocycles. The highest BCUT2D eigenvalue weighted by atomic mass is 19.1. The molecule has 0 unspecified atom stereocenters. The van der Waals surface area contributed by atoms with Crippen molar-refractivity contribution in [3.05, 3.63) is 29.6 Å². The Kier molecular flexibility index (Phi) is 3.05. The van der Waals surface area contributed by atoms with Gasteiger partial charge < -0.3 is 11.1 Å². The first-order valence-corrected chi connectivity index (χ1v) is 4.01. The van der Waals surface area contributed by atoms with E-state index in [4.69, 9.17) is 5.73 Å². The number of anilines is 1. The molecule has 3 heteroatoms. The van der Waals surface area contributed by atoms with Crippen LogP contribution >= 0.6 is 0 Å². The van der Waals surface area contributed by atoms with Crippen molar-refractivity contribution in [2.24, 2.45) is 5.73 Å². The van der Waals surface area contributed by atoms with E-state index in [1.54, 1.807) is 6.07 Å². The summed E-state index contributed by atoms with van der Waals surface area (Å²) in [6.45, 7) is 2.99. The Bertz CT molecular complexity index is 261. The van der Waals surface area contributed by atoms with Gasteiger partial charge in [-0.3, -0.25) is 0 Å². The number of halogens is 1. The van der Waals surface area contributed by atoms with Crippen molar-refractivity contribution in [2.45, 2.75) is 13.5 Å². The van der Waals surface area contributed by atoms with Gasteiger partial charge >= 0.3 is 0 Å². The number of hydrogen-bond donors (Lipinski definition) is 2. The molecule has 0 fully saturated rings. The average molecular weight is 168 g/mol. The van der Waals surface area contributed by atoms with Gasteiger partial charge in [-0.1, -0.05) is 12.1 Å². The van der Waals surface area contributed by atoms with Gasteiger partial charge in [0, 0.05) is 13.1 Å². The third kappa shape index (κ3) is 1.74. The molecule has 0 radical (unpaired) electrons. The molecule has 0 spiro atoms. The fraction of sp³-hybridized carbons (Fsp3) is 0.333. The normalized spacial score (nSPS) is 9.92. The molecule has 0 bridgehead atoms. The fourth-order valence-corrected chi connectivity index (χ4v) is 1.11. The molecular formula is C9H13FN2. The van der Waals surface area contributed by atoms with Crippen LogP contribution in [0.25, 0.3) is 0 Å². The maximum absolute atomic E-state index is 13.1. The van der Waals surface area contributed by atoms with Crippen molar-refractivity contribution in [1.29, 1.82) is 0 Å². The van der Waals surface area contributed by atoms with E-state index < -0.39 is 0 Å². The lowest BCUT2D eigenvalue weighted by atomic mass is 10.1. The van der Waals surface area contributed by atoms with E-state index in [0.717, 1.165) is 5.56 Å². The molecule has 12 heavy (non-hydrogen) atoms. The Morgan fingerprint density at radius 2 is 2.25 bits per heavy atom. The molecular weight excluding hydrogens is 155 g/mol. The van der Waals surface area contributed by atoms with E-state index in [1.165, 1.54) is 6.07 Å². The van der Waals surface area contributed by atoms with Crippen molar-refractivity contribution >= 4 is 5.69 Å². The summed E-state index contributed by atoms with van der Waals surface area (Å²) < 4.78 is 13.1. The van der Waals surface area contributed by atoms with Gasteiger partial charge in [-0.25, -0.2) is 4.39 Å². The van der Waals surface area contributed by atoms with Crippen LogP contribution in [0.1, 0.15) is 12.5 Å². The van der Waals surface area contributed by atoms with Crippen molar-refractivity contribution in [3.8, 4) is 0 Å². The topological polar surface area (TPSA) is 38.0 Å². The summed E-state index contributed by atoms with van der Waals surface area (Å²) in [6.07, 6.45) is 0. The fourth-order valence-electron chi connectivity index (χ4n) is 1.11. The minimum absolute atomic E-state index is 0.236. The third-order valence-corrected chi connectivity index (χ3v) is 1.67. The molecule has 0 saturated carbocycles. The largest absolute Gasteiger partial charge is 0.383 e. The van der Waals surface area contributed by atoms with Crippen LogP contribution in [0.3, 0.4) is 0 Å². The van der Waals surface area contributed by atoms with Crippen LogP contribution in [0.15, 0.2) is 18.2 Å². The molecule has 0 atom stereocenters. The predicted molar refractivity (Wildman–Crippen MR) is 48.5 cm³/mol. The van der Waals surface area contributed by atoms with Crippen molar-refractivity contribution < 1.29 is 4.39 Å². The smallest absolute Gasteiger partial charge is 0.146 e. The second kappa shape index (κ2) is 4.07. The number of rotatable bonds is 3. The average Bonchev–Trinajstić information content (AvgIpc) is 2.09. The van der Waals surface area contributed by atoms with E-state index in [9.17, 15) is 4.39 Å². The lowest BCUT2D eigenvalue weighted by Gasteiger charge is -2.09. The lowest BCUT2D eigenvalue weighted by Crippen LogP contribution is -2.06. The standard InChI is InChI=1S/C9H13FN2/c1-2-12-9-7(6-11)4-3-5-8(9)10/h3-5,12H,2,6,11H2,1H3. The summed E-state index contributed by atoms with van der Waals surface area (Å²) in [6, 6.07) is 4.91. The lowest BCUT2D eigenvalue weighted by molar-refractivity contribution is 0.628. The van der Waals surface area contributed by atoms with Crippen molar-refractivity contribution in [3.63, 3.8) is 0 Å². The number of hydrogen-bond acceptors (Lipinski definition) is 2. The predicted octanol–water partition coefficient (Wildman–Crippen LogP) is 1.72. The maximum atomic E-state index is 13.1. The highest BCUT2D eigenvalue weighted by Gasteiger charge is 2.04. The Hall–Kier alpha value is -1.09. The summed E-state index contributed by atoms with van der Waals surface area (Å²) in [5.74, 6) is -0.236. The van der Waals surface area contributed by atoms with Gasteiger partial charge in [-0.05, 0) is 18.6 Å². The summed E-state index contributed by atoms with van der Waals surface area (Å²) in [5.41, 5.74) is 6.79. The Morgan fingerprint density at radius 3 is 2.83 bits per heavy atom. The van der Waals surface area contributed by atoms with Crippen LogP contribution in [0.5, 0.6) is 0 Å². The molecule has 66 valence electrons. The molecule has 1 aromatic rings. The van der Waals surface area contributed by atoms with Crippen LogP contribution in [0.2, 0.25) is 0 Å². The van der Waals surface area contributed by atoms with Crippen LogP contribution < -0.4 is 11.1 Å². The van der Waals surface area contributed by atoms with Gasteiger partial charge in [0.05, 0.1) is 5.69 Å². The zero-order chi connectivity index (χ0) is 8.97. The van der Waals surface area contributed by atoms with Gasteiger partial charge in [0.2, 0.25) is 0 Å². The summed E-state index contributed by atoms with van der Waals surface area (Å²) in [7, 11) is 0. The summed E-state index contributed by atoms with van der Waals surface area (Å²) >= 11 is 0. The molecule has 0 amide bonds. The van der Waals surface area contributed by atoms with E-state index >= 15 is 0 Å². The maximum Gasteiger partial charge on any atom is 0.146 e. The molecule has 0 heterocycles. The van der Waals surface area contributed by atoms with Gasteiger partial charge in [0.15, 0.2) is 0 Å². The van der Waals surface area contributed by atoms with Gasteiger partial charge in [0.25, 0.3) is 0 Å². The van der Waals surface area contributed by atoms with Crippen LogP contribution in [-0.2, 0) is 6.54 Å². The van der Waals surface area contributed by atoms with Crippen molar-refractivity contribution in [1.82, 2.24) is 0 Å². The second-order valence-corrected chi connectivity index (χ2v) is 2.51. The molecule has 0 aliphatic rings. The SMILES string of the molecule is CCNc1c(F)cccc1CN. The van der Waals surface area contributed by atoms with E-state index in [-0.39, 0.29) is 5.82 Å². The third-order valence-electron chi connectivity index (χ3n) is 1.67. The molecule has 1 rings (SSSR count). The first-order chi connectivity index (χ1) is 5.79. The van der Waals surface area contributed by atoms with Crippen LogP contribution in [0.4, 0.5) is 10.1 Å². The monoisotopic (exact) mass is 168 g/mol. The first kappa shape index (κ1) is 9.00.